The van der Waals surface area contributed by atoms with Crippen LogP contribution in [0.5, 0.6) is 0 Å². The minimum Gasteiger partial charge on any atom is -0.332 e. The van der Waals surface area contributed by atoms with E-state index >= 15 is 0 Å². The van der Waals surface area contributed by atoms with Crippen LogP contribution in [0.15, 0.2) is 40.9 Å². The first-order valence-electron chi connectivity index (χ1n) is 6.93. The second-order valence-corrected chi connectivity index (χ2v) is 6.38. The summed E-state index contributed by atoms with van der Waals surface area (Å²) in [5.41, 5.74) is 5.71. The summed E-state index contributed by atoms with van der Waals surface area (Å²) in [6.07, 6.45) is 0.952. The smallest absolute Gasteiger partial charge is 0.175 e. The third-order valence-corrected chi connectivity index (χ3v) is 4.04. The summed E-state index contributed by atoms with van der Waals surface area (Å²) in [5.74, 6) is 0. The molecule has 0 bridgehead atoms. The van der Waals surface area contributed by atoms with Crippen LogP contribution < -0.4 is 10.6 Å². The van der Waals surface area contributed by atoms with Crippen LogP contribution in [-0.2, 0) is 6.42 Å². The van der Waals surface area contributed by atoms with Crippen molar-refractivity contribution < 1.29 is 0 Å². The molecule has 4 heteroatoms. The van der Waals surface area contributed by atoms with Gasteiger partial charge in [-0.15, -0.1) is 0 Å². The van der Waals surface area contributed by atoms with Crippen LogP contribution in [0.4, 0.5) is 11.4 Å². The molecule has 0 fully saturated rings. The van der Waals surface area contributed by atoms with E-state index in [1.54, 1.807) is 0 Å². The average Bonchev–Trinajstić information content (AvgIpc) is 2.44. The molecule has 0 aliphatic heterocycles. The van der Waals surface area contributed by atoms with E-state index in [-0.39, 0.29) is 0 Å². The molecule has 21 heavy (non-hydrogen) atoms. The van der Waals surface area contributed by atoms with Gasteiger partial charge in [-0.25, -0.2) is 0 Å². The number of thiocarbonyl (C=S) groups is 1. The van der Waals surface area contributed by atoms with E-state index in [9.17, 15) is 0 Å². The van der Waals surface area contributed by atoms with Crippen LogP contribution >= 0.6 is 28.1 Å². The maximum Gasteiger partial charge on any atom is 0.175 e. The molecule has 0 atom stereocenters. The largest absolute Gasteiger partial charge is 0.332 e. The molecule has 0 heterocycles. The molecule has 0 spiro atoms. The summed E-state index contributed by atoms with van der Waals surface area (Å²) < 4.78 is 1.08. The number of rotatable bonds is 3. The monoisotopic (exact) mass is 362 g/mol. The Morgan fingerprint density at radius 3 is 2.48 bits per heavy atom. The lowest BCUT2D eigenvalue weighted by Gasteiger charge is -2.15. The van der Waals surface area contributed by atoms with E-state index in [4.69, 9.17) is 12.2 Å². The summed E-state index contributed by atoms with van der Waals surface area (Å²) in [4.78, 5) is 0. The Morgan fingerprint density at radius 1 is 1.05 bits per heavy atom. The fourth-order valence-electron chi connectivity index (χ4n) is 2.12. The maximum absolute atomic E-state index is 5.43. The number of nitrogens with one attached hydrogen (secondary N) is 2. The van der Waals surface area contributed by atoms with Crippen LogP contribution in [0.1, 0.15) is 23.6 Å². The summed E-state index contributed by atoms with van der Waals surface area (Å²) in [6, 6.07) is 12.5. The first-order valence-corrected chi connectivity index (χ1v) is 8.13. The van der Waals surface area contributed by atoms with Crippen molar-refractivity contribution in [1.82, 2.24) is 0 Å². The Morgan fingerprint density at radius 2 is 1.76 bits per heavy atom. The SMILES string of the molecule is CCc1cc(Br)ccc1NC(=S)Nc1cc(C)ccc1C. The number of hydrogen-bond donors (Lipinski definition) is 2. The minimum atomic E-state index is 0.612. The summed E-state index contributed by atoms with van der Waals surface area (Å²) >= 11 is 8.93. The molecule has 2 rings (SSSR count). The highest BCUT2D eigenvalue weighted by atomic mass is 79.9. The van der Waals surface area contributed by atoms with Crippen molar-refractivity contribution in [1.29, 1.82) is 0 Å². The van der Waals surface area contributed by atoms with Gasteiger partial charge in [0.1, 0.15) is 0 Å². The summed E-state index contributed by atoms with van der Waals surface area (Å²) in [6.45, 7) is 6.28. The first-order chi connectivity index (χ1) is 9.99. The zero-order valence-corrected chi connectivity index (χ0v) is 14.9. The van der Waals surface area contributed by atoms with Gasteiger partial charge in [0.15, 0.2) is 5.11 Å². The van der Waals surface area contributed by atoms with E-state index in [1.807, 2.05) is 12.1 Å². The van der Waals surface area contributed by atoms with E-state index in [0.717, 1.165) is 22.3 Å². The van der Waals surface area contributed by atoms with Gasteiger partial charge in [0.2, 0.25) is 0 Å². The molecule has 0 saturated heterocycles. The molecule has 0 saturated carbocycles. The zero-order chi connectivity index (χ0) is 15.4. The minimum absolute atomic E-state index is 0.612. The van der Waals surface area contributed by atoms with Gasteiger partial charge < -0.3 is 10.6 Å². The highest BCUT2D eigenvalue weighted by molar-refractivity contribution is 9.10. The molecule has 0 aliphatic carbocycles. The van der Waals surface area contributed by atoms with E-state index < -0.39 is 0 Å². The van der Waals surface area contributed by atoms with Gasteiger partial charge in [-0.3, -0.25) is 0 Å². The number of halogens is 1. The van der Waals surface area contributed by atoms with Crippen molar-refractivity contribution >= 4 is 44.6 Å². The van der Waals surface area contributed by atoms with Gasteiger partial charge in [-0.05, 0) is 73.4 Å². The van der Waals surface area contributed by atoms with Crippen molar-refractivity contribution in [2.45, 2.75) is 27.2 Å². The van der Waals surface area contributed by atoms with Gasteiger partial charge in [-0.1, -0.05) is 35.0 Å². The Labute approximate surface area is 140 Å². The van der Waals surface area contributed by atoms with Crippen LogP contribution in [0.2, 0.25) is 0 Å². The highest BCUT2D eigenvalue weighted by Crippen LogP contribution is 2.22. The molecule has 0 radical (unpaired) electrons. The lowest BCUT2D eigenvalue weighted by atomic mass is 10.1. The van der Waals surface area contributed by atoms with Gasteiger partial charge >= 0.3 is 0 Å². The Kier molecular flexibility index (Phi) is 5.37. The van der Waals surface area contributed by atoms with Crippen molar-refractivity contribution in [3.63, 3.8) is 0 Å². The summed E-state index contributed by atoms with van der Waals surface area (Å²) in [7, 11) is 0. The topological polar surface area (TPSA) is 24.1 Å². The second-order valence-electron chi connectivity index (χ2n) is 5.05. The van der Waals surface area contributed by atoms with Crippen molar-refractivity contribution in [3.05, 3.63) is 57.6 Å². The van der Waals surface area contributed by atoms with Gasteiger partial charge in [0.25, 0.3) is 0 Å². The molecule has 2 nitrogen and oxygen atoms in total. The molecule has 0 aliphatic rings. The number of benzene rings is 2. The van der Waals surface area contributed by atoms with Gasteiger partial charge in [-0.2, -0.15) is 0 Å². The fraction of sp³-hybridized carbons (Fsp3) is 0.235. The molecule has 110 valence electrons. The van der Waals surface area contributed by atoms with Gasteiger partial charge in [0, 0.05) is 15.8 Å². The Hall–Kier alpha value is -1.39. The second kappa shape index (κ2) is 7.05. The van der Waals surface area contributed by atoms with E-state index in [2.05, 4.69) is 71.6 Å². The highest BCUT2D eigenvalue weighted by Gasteiger charge is 2.06. The molecular formula is C17H19BrN2S. The molecule has 0 amide bonds. The zero-order valence-electron chi connectivity index (χ0n) is 12.5. The van der Waals surface area contributed by atoms with E-state index in [0.29, 0.717) is 5.11 Å². The third kappa shape index (κ3) is 4.29. The van der Waals surface area contributed by atoms with Crippen LogP contribution in [0.25, 0.3) is 0 Å². The molecule has 0 aromatic heterocycles. The van der Waals surface area contributed by atoms with E-state index in [1.165, 1.54) is 16.7 Å². The molecule has 2 aromatic carbocycles. The van der Waals surface area contributed by atoms with Crippen LogP contribution in [0, 0.1) is 13.8 Å². The number of aryl methyl sites for hydroxylation is 3. The van der Waals surface area contributed by atoms with Crippen molar-refractivity contribution in [2.24, 2.45) is 0 Å². The van der Waals surface area contributed by atoms with Crippen molar-refractivity contribution in [2.75, 3.05) is 10.6 Å². The predicted molar refractivity (Wildman–Crippen MR) is 99.3 cm³/mol. The van der Waals surface area contributed by atoms with Crippen molar-refractivity contribution in [3.8, 4) is 0 Å². The normalized spacial score (nSPS) is 10.3. The lowest BCUT2D eigenvalue weighted by molar-refractivity contribution is 1.14. The quantitative estimate of drug-likeness (QED) is 0.711. The number of hydrogen-bond acceptors (Lipinski definition) is 1. The van der Waals surface area contributed by atoms with Crippen LogP contribution in [-0.4, -0.2) is 5.11 Å². The third-order valence-electron chi connectivity index (χ3n) is 3.34. The van der Waals surface area contributed by atoms with Crippen LogP contribution in [0.3, 0.4) is 0 Å². The Bertz CT molecular complexity index is 668. The molecule has 2 N–H and O–H groups in total. The molecule has 0 unspecified atom stereocenters. The standard InChI is InChI=1S/C17H19BrN2S/c1-4-13-10-14(18)7-8-15(13)19-17(21)20-16-9-11(2)5-6-12(16)3/h5-10H,4H2,1-3H3,(H2,19,20,21). The molecule has 2 aromatic rings. The first kappa shape index (κ1) is 16.0. The fourth-order valence-corrected chi connectivity index (χ4v) is 2.75. The summed E-state index contributed by atoms with van der Waals surface area (Å²) in [5, 5.41) is 7.17. The lowest BCUT2D eigenvalue weighted by Crippen LogP contribution is -2.20. The number of anilines is 2. The molecular weight excluding hydrogens is 344 g/mol. The predicted octanol–water partition coefficient (Wildman–Crippen LogP) is 5.44. The maximum atomic E-state index is 5.43. The average molecular weight is 363 g/mol. The Balaban J connectivity index is 2.13. The van der Waals surface area contributed by atoms with Gasteiger partial charge in [0.05, 0.1) is 0 Å².